The summed E-state index contributed by atoms with van der Waals surface area (Å²) in [5.74, 6) is 1.94. The molecule has 6 nitrogen and oxygen atoms in total. The third-order valence-electron chi connectivity index (χ3n) is 5.66. The van der Waals surface area contributed by atoms with Gasteiger partial charge in [-0.1, -0.05) is 19.1 Å². The molecule has 28 heavy (non-hydrogen) atoms. The smallest absolute Gasteiger partial charge is 0.132 e. The molecule has 1 fully saturated rings. The monoisotopic (exact) mass is 378 g/mol. The van der Waals surface area contributed by atoms with Crippen molar-refractivity contribution >= 4 is 16.7 Å². The molecule has 0 spiro atoms. The zero-order valence-electron chi connectivity index (χ0n) is 17.1. The summed E-state index contributed by atoms with van der Waals surface area (Å²) in [6, 6.07) is 9.38. The van der Waals surface area contributed by atoms with E-state index in [2.05, 4.69) is 61.2 Å². The van der Waals surface area contributed by atoms with Gasteiger partial charge in [-0.25, -0.2) is 9.97 Å². The van der Waals surface area contributed by atoms with Crippen LogP contribution in [0.5, 0.6) is 0 Å². The number of hydrogen-bond acceptors (Lipinski definition) is 5. The largest absolute Gasteiger partial charge is 0.356 e. The van der Waals surface area contributed by atoms with Gasteiger partial charge in [0.25, 0.3) is 0 Å². The molecule has 148 valence electrons. The lowest BCUT2D eigenvalue weighted by Crippen LogP contribution is -2.45. The number of nitrogens with one attached hydrogen (secondary N) is 1. The predicted octanol–water partition coefficient (Wildman–Crippen LogP) is 3.85. The van der Waals surface area contributed by atoms with E-state index in [4.69, 9.17) is 0 Å². The maximum atomic E-state index is 4.65. The maximum Gasteiger partial charge on any atom is 0.132 e. The summed E-state index contributed by atoms with van der Waals surface area (Å²) in [5, 5.41) is 8.41. The Bertz CT molecular complexity index is 905. The number of aromatic nitrogens is 4. The van der Waals surface area contributed by atoms with Crippen LogP contribution in [0.1, 0.15) is 43.3 Å². The molecule has 0 aliphatic carbocycles. The van der Waals surface area contributed by atoms with Gasteiger partial charge < -0.3 is 4.90 Å². The van der Waals surface area contributed by atoms with Crippen molar-refractivity contribution in [3.8, 4) is 0 Å². The molecule has 0 amide bonds. The number of hydrogen-bond donors (Lipinski definition) is 1. The van der Waals surface area contributed by atoms with Crippen LogP contribution in [0.2, 0.25) is 0 Å². The average Bonchev–Trinajstić information content (AvgIpc) is 3.15. The number of nitrogens with zero attached hydrogens (tertiary/aromatic N) is 5. The topological polar surface area (TPSA) is 60.9 Å². The van der Waals surface area contributed by atoms with Gasteiger partial charge in [-0.15, -0.1) is 0 Å². The second kappa shape index (κ2) is 8.27. The molecule has 1 N–H and O–H groups in total. The third kappa shape index (κ3) is 4.17. The number of piperidine rings is 1. The van der Waals surface area contributed by atoms with Crippen LogP contribution in [0.3, 0.4) is 0 Å². The highest BCUT2D eigenvalue weighted by atomic mass is 15.2. The summed E-state index contributed by atoms with van der Waals surface area (Å²) < 4.78 is 0. The van der Waals surface area contributed by atoms with E-state index in [1.54, 1.807) is 0 Å². The SMILES string of the molecule is CCCN(Cc1ccc2cn[nH]c2c1)C1CCN(c2cc(C)nc(C)n2)CC1. The molecule has 3 aromatic rings. The standard InChI is InChI=1S/C22H30N6/c1-4-9-28(15-18-5-6-19-14-23-26-21(19)13-18)20-7-10-27(11-8-20)22-12-16(2)24-17(3)25-22/h5-6,12-14,20H,4,7-11,15H2,1-3H3,(H,23,26). The summed E-state index contributed by atoms with van der Waals surface area (Å²) in [6.07, 6.45) is 5.41. The van der Waals surface area contributed by atoms with Crippen LogP contribution in [-0.4, -0.2) is 50.7 Å². The number of fused-ring (bicyclic) bond motifs is 1. The van der Waals surface area contributed by atoms with Crippen LogP contribution < -0.4 is 4.90 Å². The van der Waals surface area contributed by atoms with E-state index in [-0.39, 0.29) is 0 Å². The average molecular weight is 379 g/mol. The molecule has 6 heteroatoms. The zero-order valence-corrected chi connectivity index (χ0v) is 17.1. The summed E-state index contributed by atoms with van der Waals surface area (Å²) >= 11 is 0. The quantitative estimate of drug-likeness (QED) is 0.706. The van der Waals surface area contributed by atoms with Crippen LogP contribution in [0, 0.1) is 13.8 Å². The molecule has 0 saturated carbocycles. The number of aryl methyl sites for hydroxylation is 2. The first-order valence-electron chi connectivity index (χ1n) is 10.4. The van der Waals surface area contributed by atoms with Crippen molar-refractivity contribution in [3.63, 3.8) is 0 Å². The fourth-order valence-electron chi connectivity index (χ4n) is 4.31. The molecule has 3 heterocycles. The van der Waals surface area contributed by atoms with E-state index in [9.17, 15) is 0 Å². The molecule has 0 atom stereocenters. The Labute approximate surface area is 167 Å². The van der Waals surface area contributed by atoms with Gasteiger partial charge in [-0.05, 0) is 51.3 Å². The highest BCUT2D eigenvalue weighted by molar-refractivity contribution is 5.78. The number of anilines is 1. The third-order valence-corrected chi connectivity index (χ3v) is 5.66. The minimum absolute atomic E-state index is 0.623. The second-order valence-electron chi connectivity index (χ2n) is 7.90. The van der Waals surface area contributed by atoms with Gasteiger partial charge in [0.2, 0.25) is 0 Å². The highest BCUT2D eigenvalue weighted by Gasteiger charge is 2.25. The Hall–Kier alpha value is -2.47. The molecule has 1 aliphatic rings. The van der Waals surface area contributed by atoms with Crippen molar-refractivity contribution in [2.75, 3.05) is 24.5 Å². The minimum atomic E-state index is 0.623. The molecule has 2 aromatic heterocycles. The Kier molecular flexibility index (Phi) is 5.57. The zero-order chi connectivity index (χ0) is 19.5. The van der Waals surface area contributed by atoms with Crippen LogP contribution >= 0.6 is 0 Å². The first-order chi connectivity index (χ1) is 13.6. The van der Waals surface area contributed by atoms with Crippen LogP contribution in [-0.2, 0) is 6.54 Å². The normalized spacial score (nSPS) is 15.6. The summed E-state index contributed by atoms with van der Waals surface area (Å²) in [7, 11) is 0. The van der Waals surface area contributed by atoms with E-state index in [0.29, 0.717) is 6.04 Å². The molecule has 1 saturated heterocycles. The summed E-state index contributed by atoms with van der Waals surface area (Å²) in [5.41, 5.74) is 3.53. The van der Waals surface area contributed by atoms with Crippen molar-refractivity contribution < 1.29 is 0 Å². The minimum Gasteiger partial charge on any atom is -0.356 e. The van der Waals surface area contributed by atoms with Crippen molar-refractivity contribution in [2.24, 2.45) is 0 Å². The van der Waals surface area contributed by atoms with Crippen LogP contribution in [0.4, 0.5) is 5.82 Å². The van der Waals surface area contributed by atoms with Gasteiger partial charge in [0, 0.05) is 42.8 Å². The van der Waals surface area contributed by atoms with Gasteiger partial charge in [-0.3, -0.25) is 10.00 Å². The molecule has 1 aromatic carbocycles. The van der Waals surface area contributed by atoms with E-state index in [1.165, 1.54) is 30.2 Å². The highest BCUT2D eigenvalue weighted by Crippen LogP contribution is 2.24. The van der Waals surface area contributed by atoms with Gasteiger partial charge in [-0.2, -0.15) is 5.10 Å². The van der Waals surface area contributed by atoms with Crippen molar-refractivity contribution in [3.05, 3.63) is 47.5 Å². The summed E-state index contributed by atoms with van der Waals surface area (Å²) in [6.45, 7) is 10.5. The summed E-state index contributed by atoms with van der Waals surface area (Å²) in [4.78, 5) is 14.1. The lowest BCUT2D eigenvalue weighted by molar-refractivity contribution is 0.160. The molecule has 0 radical (unpaired) electrons. The molecule has 4 rings (SSSR count). The molecular weight excluding hydrogens is 348 g/mol. The molecule has 0 bridgehead atoms. The maximum absolute atomic E-state index is 4.65. The Balaban J connectivity index is 1.42. The lowest BCUT2D eigenvalue weighted by Gasteiger charge is -2.39. The lowest BCUT2D eigenvalue weighted by atomic mass is 10.0. The van der Waals surface area contributed by atoms with E-state index in [1.807, 2.05) is 20.0 Å². The van der Waals surface area contributed by atoms with Crippen molar-refractivity contribution in [1.82, 2.24) is 25.1 Å². The number of aromatic amines is 1. The van der Waals surface area contributed by atoms with Gasteiger partial charge in [0.1, 0.15) is 11.6 Å². The van der Waals surface area contributed by atoms with E-state index >= 15 is 0 Å². The van der Waals surface area contributed by atoms with Crippen LogP contribution in [0.15, 0.2) is 30.5 Å². The molecular formula is C22H30N6. The number of rotatable bonds is 6. The van der Waals surface area contributed by atoms with Crippen molar-refractivity contribution in [1.29, 1.82) is 0 Å². The van der Waals surface area contributed by atoms with E-state index < -0.39 is 0 Å². The second-order valence-corrected chi connectivity index (χ2v) is 7.90. The fourth-order valence-corrected chi connectivity index (χ4v) is 4.31. The van der Waals surface area contributed by atoms with Gasteiger partial charge in [0.05, 0.1) is 11.7 Å². The Morgan fingerprint density at radius 3 is 2.71 bits per heavy atom. The number of benzene rings is 1. The van der Waals surface area contributed by atoms with Crippen LogP contribution in [0.25, 0.3) is 10.9 Å². The first-order valence-corrected chi connectivity index (χ1v) is 10.4. The van der Waals surface area contributed by atoms with E-state index in [0.717, 1.165) is 49.0 Å². The molecule has 0 unspecified atom stereocenters. The molecule has 1 aliphatic heterocycles. The first kappa shape index (κ1) is 18.9. The Morgan fingerprint density at radius 1 is 1.14 bits per heavy atom. The predicted molar refractivity (Wildman–Crippen MR) is 114 cm³/mol. The number of H-pyrrole nitrogens is 1. The fraction of sp³-hybridized carbons (Fsp3) is 0.500. The van der Waals surface area contributed by atoms with Gasteiger partial charge >= 0.3 is 0 Å². The van der Waals surface area contributed by atoms with Gasteiger partial charge in [0.15, 0.2) is 0 Å². The van der Waals surface area contributed by atoms with Crippen molar-refractivity contribution in [2.45, 2.75) is 52.6 Å². The Morgan fingerprint density at radius 2 is 1.96 bits per heavy atom.